The largest absolute Gasteiger partial charge is 0.349 e. The predicted octanol–water partition coefficient (Wildman–Crippen LogP) is 3.22. The Labute approximate surface area is 136 Å². The molecule has 0 bridgehead atoms. The maximum absolute atomic E-state index is 13.2. The quantitative estimate of drug-likeness (QED) is 0.940. The van der Waals surface area contributed by atoms with Crippen LogP contribution in [0, 0.1) is 5.82 Å². The van der Waals surface area contributed by atoms with E-state index in [1.165, 1.54) is 6.07 Å². The van der Waals surface area contributed by atoms with Crippen molar-refractivity contribution >= 4 is 5.91 Å². The number of carbonyl (C=O) groups excluding carboxylic acids is 1. The number of amides is 1. The van der Waals surface area contributed by atoms with Crippen LogP contribution < -0.4 is 5.32 Å². The molecule has 0 aliphatic carbocycles. The van der Waals surface area contributed by atoms with Gasteiger partial charge in [0.2, 0.25) is 0 Å². The molecule has 2 aromatic rings. The number of carbonyl (C=O) groups is 1. The Balaban J connectivity index is 1.48. The molecule has 0 atom stereocenters. The second kappa shape index (κ2) is 7.38. The van der Waals surface area contributed by atoms with E-state index in [2.05, 4.69) is 10.2 Å². The summed E-state index contributed by atoms with van der Waals surface area (Å²) in [7, 11) is 0. The van der Waals surface area contributed by atoms with Crippen LogP contribution in [0.4, 0.5) is 4.39 Å². The average molecular weight is 312 g/mol. The van der Waals surface area contributed by atoms with Crippen LogP contribution >= 0.6 is 0 Å². The van der Waals surface area contributed by atoms with Crippen LogP contribution in [0.1, 0.15) is 28.8 Å². The van der Waals surface area contributed by atoms with Crippen molar-refractivity contribution < 1.29 is 9.18 Å². The molecule has 1 saturated heterocycles. The summed E-state index contributed by atoms with van der Waals surface area (Å²) in [5.74, 6) is -0.193. The third-order valence-electron chi connectivity index (χ3n) is 4.25. The molecule has 3 nitrogen and oxygen atoms in total. The molecule has 0 aromatic heterocycles. The van der Waals surface area contributed by atoms with E-state index in [0.717, 1.165) is 38.0 Å². The SMILES string of the molecule is O=C(NC1CCN(Cc2cccc(F)c2)CC1)c1ccccc1. The Morgan fingerprint density at radius 1 is 1.09 bits per heavy atom. The fraction of sp³-hybridized carbons (Fsp3) is 0.316. The van der Waals surface area contributed by atoms with E-state index in [1.54, 1.807) is 12.1 Å². The van der Waals surface area contributed by atoms with Crippen LogP contribution in [0.2, 0.25) is 0 Å². The van der Waals surface area contributed by atoms with Crippen LogP contribution in [0.3, 0.4) is 0 Å². The standard InChI is InChI=1S/C19H21FN2O/c20-17-8-4-5-15(13-17)14-22-11-9-18(10-12-22)21-19(23)16-6-2-1-3-7-16/h1-8,13,18H,9-12,14H2,(H,21,23). The molecule has 0 spiro atoms. The molecular weight excluding hydrogens is 291 g/mol. The van der Waals surface area contributed by atoms with E-state index in [-0.39, 0.29) is 17.8 Å². The van der Waals surface area contributed by atoms with Crippen LogP contribution in [0.25, 0.3) is 0 Å². The maximum atomic E-state index is 13.2. The third-order valence-corrected chi connectivity index (χ3v) is 4.25. The molecule has 0 radical (unpaired) electrons. The van der Waals surface area contributed by atoms with Gasteiger partial charge in [-0.2, -0.15) is 0 Å². The lowest BCUT2D eigenvalue weighted by atomic mass is 10.0. The molecule has 1 aliphatic rings. The van der Waals surface area contributed by atoms with Crippen LogP contribution in [-0.4, -0.2) is 29.9 Å². The van der Waals surface area contributed by atoms with Crippen molar-refractivity contribution in [3.8, 4) is 0 Å². The van der Waals surface area contributed by atoms with Crippen molar-refractivity contribution in [3.63, 3.8) is 0 Å². The highest BCUT2D eigenvalue weighted by Gasteiger charge is 2.21. The van der Waals surface area contributed by atoms with E-state index >= 15 is 0 Å². The summed E-state index contributed by atoms with van der Waals surface area (Å²) in [6.45, 7) is 2.59. The van der Waals surface area contributed by atoms with E-state index in [4.69, 9.17) is 0 Å². The second-order valence-electron chi connectivity index (χ2n) is 6.02. The molecule has 1 fully saturated rings. The average Bonchev–Trinajstić information content (AvgIpc) is 2.57. The van der Waals surface area contributed by atoms with Gasteiger partial charge in [-0.15, -0.1) is 0 Å². The van der Waals surface area contributed by atoms with Gasteiger partial charge in [0, 0.05) is 31.2 Å². The summed E-state index contributed by atoms with van der Waals surface area (Å²) in [5, 5.41) is 3.10. The van der Waals surface area contributed by atoms with Crippen molar-refractivity contribution in [3.05, 3.63) is 71.5 Å². The first-order valence-corrected chi connectivity index (χ1v) is 8.03. The number of rotatable bonds is 4. The van der Waals surface area contributed by atoms with Crippen molar-refractivity contribution in [2.45, 2.75) is 25.4 Å². The number of nitrogens with one attached hydrogen (secondary N) is 1. The number of benzene rings is 2. The first kappa shape index (κ1) is 15.7. The molecule has 0 saturated carbocycles. The Kier molecular flexibility index (Phi) is 5.03. The molecule has 120 valence electrons. The fourth-order valence-electron chi connectivity index (χ4n) is 2.99. The summed E-state index contributed by atoms with van der Waals surface area (Å²) < 4.78 is 13.2. The van der Waals surface area contributed by atoms with Crippen LogP contribution in [-0.2, 0) is 6.54 Å². The number of halogens is 1. The molecule has 1 heterocycles. The highest BCUT2D eigenvalue weighted by Crippen LogP contribution is 2.15. The zero-order valence-corrected chi connectivity index (χ0v) is 13.0. The normalized spacial score (nSPS) is 16.2. The first-order valence-electron chi connectivity index (χ1n) is 8.03. The predicted molar refractivity (Wildman–Crippen MR) is 88.6 cm³/mol. The van der Waals surface area contributed by atoms with Gasteiger partial charge in [0.25, 0.3) is 5.91 Å². The molecular formula is C19H21FN2O. The van der Waals surface area contributed by atoms with E-state index in [1.807, 2.05) is 36.4 Å². The molecule has 23 heavy (non-hydrogen) atoms. The molecule has 0 unspecified atom stereocenters. The Hall–Kier alpha value is -2.20. The lowest BCUT2D eigenvalue weighted by Crippen LogP contribution is -2.44. The summed E-state index contributed by atoms with van der Waals surface area (Å²) in [4.78, 5) is 14.5. The highest BCUT2D eigenvalue weighted by atomic mass is 19.1. The van der Waals surface area contributed by atoms with Gasteiger partial charge < -0.3 is 5.32 Å². The number of piperidine rings is 1. The molecule has 1 N–H and O–H groups in total. The topological polar surface area (TPSA) is 32.3 Å². The van der Waals surface area contributed by atoms with Crippen LogP contribution in [0.5, 0.6) is 0 Å². The van der Waals surface area contributed by atoms with Crippen molar-refractivity contribution in [1.29, 1.82) is 0 Å². The van der Waals surface area contributed by atoms with Gasteiger partial charge in [-0.1, -0.05) is 30.3 Å². The molecule has 4 heteroatoms. The highest BCUT2D eigenvalue weighted by molar-refractivity contribution is 5.94. The van der Waals surface area contributed by atoms with Gasteiger partial charge in [0.15, 0.2) is 0 Å². The number of likely N-dealkylation sites (tertiary alicyclic amines) is 1. The van der Waals surface area contributed by atoms with Gasteiger partial charge in [0.1, 0.15) is 5.82 Å². The summed E-state index contributed by atoms with van der Waals surface area (Å²) >= 11 is 0. The lowest BCUT2D eigenvalue weighted by molar-refractivity contribution is 0.0909. The Bertz CT molecular complexity index is 651. The maximum Gasteiger partial charge on any atom is 0.251 e. The first-order chi connectivity index (χ1) is 11.2. The minimum Gasteiger partial charge on any atom is -0.349 e. The fourth-order valence-corrected chi connectivity index (χ4v) is 2.99. The van der Waals surface area contributed by atoms with Gasteiger partial charge in [-0.05, 0) is 42.7 Å². The third kappa shape index (κ3) is 4.39. The van der Waals surface area contributed by atoms with Crippen molar-refractivity contribution in [2.75, 3.05) is 13.1 Å². The Morgan fingerprint density at radius 2 is 1.83 bits per heavy atom. The van der Waals surface area contributed by atoms with Gasteiger partial charge >= 0.3 is 0 Å². The number of hydrogen-bond donors (Lipinski definition) is 1. The molecule has 2 aromatic carbocycles. The van der Waals surface area contributed by atoms with Crippen molar-refractivity contribution in [2.24, 2.45) is 0 Å². The van der Waals surface area contributed by atoms with Gasteiger partial charge in [-0.3, -0.25) is 9.69 Å². The summed E-state index contributed by atoms with van der Waals surface area (Å²) in [5.41, 5.74) is 1.70. The van der Waals surface area contributed by atoms with Crippen molar-refractivity contribution in [1.82, 2.24) is 10.2 Å². The molecule has 3 rings (SSSR count). The van der Waals surface area contributed by atoms with Gasteiger partial charge in [-0.25, -0.2) is 4.39 Å². The summed E-state index contributed by atoms with van der Waals surface area (Å²) in [6.07, 6.45) is 1.85. The Morgan fingerprint density at radius 3 is 2.52 bits per heavy atom. The minimum absolute atomic E-state index is 0.00539. The zero-order chi connectivity index (χ0) is 16.1. The summed E-state index contributed by atoms with van der Waals surface area (Å²) in [6, 6.07) is 16.3. The smallest absolute Gasteiger partial charge is 0.251 e. The van der Waals surface area contributed by atoms with Crippen LogP contribution in [0.15, 0.2) is 54.6 Å². The zero-order valence-electron chi connectivity index (χ0n) is 13.0. The van der Waals surface area contributed by atoms with Gasteiger partial charge in [0.05, 0.1) is 0 Å². The second-order valence-corrected chi connectivity index (χ2v) is 6.02. The van der Waals surface area contributed by atoms with E-state index < -0.39 is 0 Å². The molecule has 1 aliphatic heterocycles. The molecule has 1 amide bonds. The minimum atomic E-state index is -0.187. The number of hydrogen-bond acceptors (Lipinski definition) is 2. The van der Waals surface area contributed by atoms with E-state index in [0.29, 0.717) is 5.56 Å². The van der Waals surface area contributed by atoms with E-state index in [9.17, 15) is 9.18 Å². The number of nitrogens with zero attached hydrogens (tertiary/aromatic N) is 1. The monoisotopic (exact) mass is 312 g/mol. The lowest BCUT2D eigenvalue weighted by Gasteiger charge is -2.32.